The first kappa shape index (κ1) is 15.1. The van der Waals surface area contributed by atoms with Crippen molar-refractivity contribution >= 4 is 34.5 Å². The Kier molecular flexibility index (Phi) is 5.75. The van der Waals surface area contributed by atoms with Crippen LogP contribution in [-0.2, 0) is 11.3 Å². The van der Waals surface area contributed by atoms with Crippen LogP contribution in [-0.4, -0.2) is 22.3 Å². The summed E-state index contributed by atoms with van der Waals surface area (Å²) in [7, 11) is 0. The van der Waals surface area contributed by atoms with Gasteiger partial charge in [-0.1, -0.05) is 32.1 Å². The average Bonchev–Trinajstić information content (AvgIpc) is 2.77. The molecule has 1 unspecified atom stereocenters. The minimum atomic E-state index is -0.361. The van der Waals surface area contributed by atoms with E-state index in [0.717, 1.165) is 0 Å². The molecule has 100 valence electrons. The van der Waals surface area contributed by atoms with E-state index in [4.69, 9.17) is 18.0 Å². The predicted octanol–water partition coefficient (Wildman–Crippen LogP) is 2.65. The Bertz CT molecular complexity index is 401. The van der Waals surface area contributed by atoms with Crippen molar-refractivity contribution in [3.05, 3.63) is 22.4 Å². The average molecular weight is 284 g/mol. The zero-order valence-corrected chi connectivity index (χ0v) is 12.7. The largest absolute Gasteiger partial charge is 0.393 e. The van der Waals surface area contributed by atoms with Crippen LogP contribution in [0.2, 0.25) is 0 Å². The standard InChI is InChI=1S/C13H20N2OS2/c1-4-15(8-10-6-5-7-18-10)13(16)11(9(2)3)12(14)17/h5-7,9,11H,4,8H2,1-3H3,(H2,14,17). The minimum absolute atomic E-state index is 0.0356. The molecule has 0 aromatic carbocycles. The quantitative estimate of drug-likeness (QED) is 0.817. The van der Waals surface area contributed by atoms with E-state index >= 15 is 0 Å². The van der Waals surface area contributed by atoms with Gasteiger partial charge >= 0.3 is 0 Å². The molecular formula is C13H20N2OS2. The van der Waals surface area contributed by atoms with Gasteiger partial charge in [-0.05, 0) is 24.3 Å². The second-order valence-electron chi connectivity index (χ2n) is 4.56. The zero-order chi connectivity index (χ0) is 13.7. The lowest BCUT2D eigenvalue weighted by atomic mass is 9.94. The molecule has 0 fully saturated rings. The molecule has 0 saturated heterocycles. The highest BCUT2D eigenvalue weighted by Crippen LogP contribution is 2.18. The molecule has 1 aromatic heterocycles. The molecule has 0 spiro atoms. The number of hydrogen-bond donors (Lipinski definition) is 1. The summed E-state index contributed by atoms with van der Waals surface area (Å²) in [4.78, 5) is 15.7. The van der Waals surface area contributed by atoms with Crippen molar-refractivity contribution in [2.24, 2.45) is 17.6 Å². The Hall–Kier alpha value is -0.940. The first-order valence-corrected chi connectivity index (χ1v) is 7.36. The number of nitrogens with two attached hydrogens (primary N) is 1. The van der Waals surface area contributed by atoms with Gasteiger partial charge < -0.3 is 10.6 Å². The summed E-state index contributed by atoms with van der Waals surface area (Å²) >= 11 is 6.67. The Labute approximate surface area is 118 Å². The molecule has 0 aliphatic heterocycles. The fraction of sp³-hybridized carbons (Fsp3) is 0.538. The zero-order valence-electron chi connectivity index (χ0n) is 11.1. The van der Waals surface area contributed by atoms with Crippen molar-refractivity contribution < 1.29 is 4.79 Å². The van der Waals surface area contributed by atoms with Crippen molar-refractivity contribution in [1.29, 1.82) is 0 Å². The van der Waals surface area contributed by atoms with Crippen LogP contribution in [0.15, 0.2) is 17.5 Å². The van der Waals surface area contributed by atoms with Crippen LogP contribution in [0.3, 0.4) is 0 Å². The smallest absolute Gasteiger partial charge is 0.233 e. The topological polar surface area (TPSA) is 46.3 Å². The van der Waals surface area contributed by atoms with Gasteiger partial charge in [0.15, 0.2) is 0 Å². The number of amides is 1. The van der Waals surface area contributed by atoms with Gasteiger partial charge in [0, 0.05) is 11.4 Å². The van der Waals surface area contributed by atoms with Gasteiger partial charge in [-0.15, -0.1) is 11.3 Å². The van der Waals surface area contributed by atoms with Gasteiger partial charge in [0.05, 0.1) is 17.5 Å². The molecule has 2 N–H and O–H groups in total. The molecule has 0 aliphatic rings. The van der Waals surface area contributed by atoms with E-state index in [2.05, 4.69) is 0 Å². The number of nitrogens with zero attached hydrogens (tertiary/aromatic N) is 1. The van der Waals surface area contributed by atoms with Gasteiger partial charge in [-0.2, -0.15) is 0 Å². The van der Waals surface area contributed by atoms with E-state index in [1.165, 1.54) is 4.88 Å². The summed E-state index contributed by atoms with van der Waals surface area (Å²) < 4.78 is 0. The van der Waals surface area contributed by atoms with Crippen molar-refractivity contribution in [3.8, 4) is 0 Å². The Morgan fingerprint density at radius 2 is 2.22 bits per heavy atom. The summed E-state index contributed by atoms with van der Waals surface area (Å²) in [5, 5.41) is 2.02. The second kappa shape index (κ2) is 6.85. The monoisotopic (exact) mass is 284 g/mol. The van der Waals surface area contributed by atoms with Crippen molar-refractivity contribution in [2.45, 2.75) is 27.3 Å². The highest BCUT2D eigenvalue weighted by Gasteiger charge is 2.28. The maximum Gasteiger partial charge on any atom is 0.233 e. The van der Waals surface area contributed by atoms with Crippen molar-refractivity contribution in [3.63, 3.8) is 0 Å². The fourth-order valence-corrected chi connectivity index (χ4v) is 2.96. The van der Waals surface area contributed by atoms with E-state index in [9.17, 15) is 4.79 Å². The summed E-state index contributed by atoms with van der Waals surface area (Å²) in [6.45, 7) is 7.23. The van der Waals surface area contributed by atoms with Gasteiger partial charge in [0.2, 0.25) is 5.91 Å². The maximum absolute atomic E-state index is 12.4. The molecule has 0 saturated carbocycles. The third-order valence-electron chi connectivity index (χ3n) is 2.86. The summed E-state index contributed by atoms with van der Waals surface area (Å²) in [6.07, 6.45) is 0. The molecule has 1 heterocycles. The lowest BCUT2D eigenvalue weighted by Gasteiger charge is -2.27. The van der Waals surface area contributed by atoms with E-state index in [0.29, 0.717) is 18.1 Å². The SMILES string of the molecule is CCN(Cc1cccs1)C(=O)C(C(N)=S)C(C)C. The minimum Gasteiger partial charge on any atom is -0.393 e. The second-order valence-corrected chi connectivity index (χ2v) is 6.06. The van der Waals surface area contributed by atoms with Crippen LogP contribution in [0.1, 0.15) is 25.6 Å². The highest BCUT2D eigenvalue weighted by atomic mass is 32.1. The number of thiophene rings is 1. The molecule has 0 radical (unpaired) electrons. The number of rotatable bonds is 6. The summed E-state index contributed by atoms with van der Waals surface area (Å²) in [5.74, 6) is -0.194. The molecule has 1 aromatic rings. The number of thiocarbonyl (C=S) groups is 1. The van der Waals surface area contributed by atoms with E-state index in [-0.39, 0.29) is 17.7 Å². The Morgan fingerprint density at radius 1 is 1.56 bits per heavy atom. The predicted molar refractivity (Wildman–Crippen MR) is 80.5 cm³/mol. The van der Waals surface area contributed by atoms with Crippen LogP contribution >= 0.6 is 23.6 Å². The molecule has 0 bridgehead atoms. The van der Waals surface area contributed by atoms with Crippen molar-refractivity contribution in [1.82, 2.24) is 4.90 Å². The molecule has 5 heteroatoms. The van der Waals surface area contributed by atoms with E-state index in [1.54, 1.807) is 11.3 Å². The highest BCUT2D eigenvalue weighted by molar-refractivity contribution is 7.80. The van der Waals surface area contributed by atoms with E-state index in [1.807, 2.05) is 43.2 Å². The molecule has 1 rings (SSSR count). The van der Waals surface area contributed by atoms with Gasteiger partial charge in [0.25, 0.3) is 0 Å². The first-order chi connectivity index (χ1) is 8.47. The van der Waals surface area contributed by atoms with Crippen LogP contribution < -0.4 is 5.73 Å². The molecule has 1 amide bonds. The Morgan fingerprint density at radius 3 is 2.61 bits per heavy atom. The molecular weight excluding hydrogens is 264 g/mol. The van der Waals surface area contributed by atoms with E-state index < -0.39 is 0 Å². The summed E-state index contributed by atoms with van der Waals surface area (Å²) in [6, 6.07) is 4.03. The summed E-state index contributed by atoms with van der Waals surface area (Å²) in [5.41, 5.74) is 5.69. The van der Waals surface area contributed by atoms with Crippen molar-refractivity contribution in [2.75, 3.05) is 6.54 Å². The van der Waals surface area contributed by atoms with Gasteiger partial charge in [-0.25, -0.2) is 0 Å². The van der Waals surface area contributed by atoms with Crippen LogP contribution in [0.25, 0.3) is 0 Å². The lowest BCUT2D eigenvalue weighted by molar-refractivity contribution is -0.134. The number of carbonyl (C=O) groups excluding carboxylic acids is 1. The lowest BCUT2D eigenvalue weighted by Crippen LogP contribution is -2.43. The fourth-order valence-electron chi connectivity index (χ4n) is 1.87. The van der Waals surface area contributed by atoms with Crippen LogP contribution in [0.4, 0.5) is 0 Å². The number of carbonyl (C=O) groups is 1. The number of hydrogen-bond acceptors (Lipinski definition) is 3. The van der Waals surface area contributed by atoms with Gasteiger partial charge in [-0.3, -0.25) is 4.79 Å². The Balaban J connectivity index is 2.80. The third-order valence-corrected chi connectivity index (χ3v) is 3.97. The normalized spacial score (nSPS) is 12.4. The first-order valence-electron chi connectivity index (χ1n) is 6.07. The third kappa shape index (κ3) is 3.78. The maximum atomic E-state index is 12.4. The van der Waals surface area contributed by atoms with Gasteiger partial charge in [0.1, 0.15) is 0 Å². The molecule has 18 heavy (non-hydrogen) atoms. The molecule has 3 nitrogen and oxygen atoms in total. The molecule has 1 atom stereocenters. The van der Waals surface area contributed by atoms with Crippen LogP contribution in [0.5, 0.6) is 0 Å². The molecule has 0 aliphatic carbocycles. The van der Waals surface area contributed by atoms with Crippen LogP contribution in [0, 0.1) is 11.8 Å².